The smallest absolute Gasteiger partial charge is 0.327 e. The molecule has 0 spiro atoms. The first-order chi connectivity index (χ1) is 15.5. The van der Waals surface area contributed by atoms with E-state index in [2.05, 4.69) is 4.98 Å². The van der Waals surface area contributed by atoms with E-state index in [9.17, 15) is 19.5 Å². The highest BCUT2D eigenvalue weighted by Gasteiger charge is 2.54. The number of carbonyl (C=O) groups excluding carboxylic acids is 2. The van der Waals surface area contributed by atoms with E-state index in [0.717, 1.165) is 16.0 Å². The van der Waals surface area contributed by atoms with E-state index in [1.165, 1.54) is 6.20 Å². The van der Waals surface area contributed by atoms with Crippen LogP contribution in [-0.4, -0.2) is 38.8 Å². The van der Waals surface area contributed by atoms with Crippen LogP contribution in [0, 0.1) is 5.92 Å². The normalized spacial score (nSPS) is 17.8. The Morgan fingerprint density at radius 1 is 1.00 bits per heavy atom. The second kappa shape index (κ2) is 9.01. The summed E-state index contributed by atoms with van der Waals surface area (Å²) in [7, 11) is 0. The molecule has 0 unspecified atom stereocenters. The van der Waals surface area contributed by atoms with Gasteiger partial charge in [0.05, 0.1) is 5.92 Å². The van der Waals surface area contributed by atoms with E-state index >= 15 is 0 Å². The van der Waals surface area contributed by atoms with E-state index in [4.69, 9.17) is 5.73 Å². The number of β-lactam (4-membered cyclic amide) rings is 1. The number of nitrogens with two attached hydrogens (primary N) is 1. The van der Waals surface area contributed by atoms with E-state index in [-0.39, 0.29) is 18.8 Å². The van der Waals surface area contributed by atoms with Crippen molar-refractivity contribution in [3.8, 4) is 0 Å². The number of anilines is 1. The fraction of sp³-hybridized carbons (Fsp3) is 0.200. The molecule has 7 nitrogen and oxygen atoms in total. The number of rotatable bonds is 7. The molecule has 32 heavy (non-hydrogen) atoms. The van der Waals surface area contributed by atoms with E-state index < -0.39 is 29.7 Å². The monoisotopic (exact) mass is 429 g/mol. The molecule has 0 bridgehead atoms. The van der Waals surface area contributed by atoms with Crippen molar-refractivity contribution >= 4 is 23.6 Å². The number of nitrogen functional groups attached to an aromatic ring is 1. The topological polar surface area (TPSA) is 114 Å². The molecule has 0 saturated carbocycles. The van der Waals surface area contributed by atoms with Crippen molar-refractivity contribution in [2.45, 2.75) is 24.8 Å². The van der Waals surface area contributed by atoms with Crippen LogP contribution in [0.1, 0.15) is 29.0 Å². The van der Waals surface area contributed by atoms with Crippen LogP contribution in [0.25, 0.3) is 0 Å². The first-order valence-electron chi connectivity index (χ1n) is 10.3. The van der Waals surface area contributed by atoms with Gasteiger partial charge in [-0.3, -0.25) is 14.5 Å². The number of aliphatic carboxylic acids is 1. The van der Waals surface area contributed by atoms with Gasteiger partial charge in [0.2, 0.25) is 11.8 Å². The highest BCUT2D eigenvalue weighted by atomic mass is 16.4. The number of hydrogen-bond donors (Lipinski definition) is 2. The molecule has 4 rings (SSSR count). The van der Waals surface area contributed by atoms with Gasteiger partial charge in [0.15, 0.2) is 0 Å². The zero-order valence-corrected chi connectivity index (χ0v) is 17.3. The summed E-state index contributed by atoms with van der Waals surface area (Å²) in [4.78, 5) is 42.8. The molecule has 0 radical (unpaired) electrons. The molecule has 1 fully saturated rings. The first-order valence-corrected chi connectivity index (χ1v) is 10.3. The van der Waals surface area contributed by atoms with Crippen LogP contribution < -0.4 is 5.73 Å². The Bertz CT molecular complexity index is 1090. The zero-order chi connectivity index (χ0) is 22.7. The summed E-state index contributed by atoms with van der Waals surface area (Å²) in [6.07, 6.45) is 1.70. The van der Waals surface area contributed by atoms with Crippen LogP contribution in [0.5, 0.6) is 0 Å². The molecule has 2 heterocycles. The number of amides is 2. The molecule has 162 valence electrons. The van der Waals surface area contributed by atoms with Crippen LogP contribution in [-0.2, 0) is 20.8 Å². The number of aromatic nitrogens is 1. The minimum absolute atomic E-state index is 0.00152. The van der Waals surface area contributed by atoms with Crippen molar-refractivity contribution in [2.75, 3.05) is 5.73 Å². The molecule has 0 aliphatic carbocycles. The van der Waals surface area contributed by atoms with Crippen LogP contribution >= 0.6 is 0 Å². The third-order valence-corrected chi connectivity index (χ3v) is 5.82. The molecular weight excluding hydrogens is 406 g/mol. The molecule has 1 aromatic heterocycles. The summed E-state index contributed by atoms with van der Waals surface area (Å²) >= 11 is 0. The summed E-state index contributed by atoms with van der Waals surface area (Å²) in [5.41, 5.74) is 8.25. The molecule has 1 aliphatic rings. The molecule has 1 saturated heterocycles. The number of likely N-dealkylation sites (tertiary alicyclic amines) is 1. The molecule has 1 aliphatic heterocycles. The Balaban J connectivity index is 1.56. The number of carboxylic acid groups (broad SMARTS) is 1. The van der Waals surface area contributed by atoms with Gasteiger partial charge in [0.25, 0.3) is 0 Å². The van der Waals surface area contributed by atoms with Gasteiger partial charge >= 0.3 is 5.97 Å². The third-order valence-electron chi connectivity index (χ3n) is 5.82. The lowest BCUT2D eigenvalue weighted by Crippen LogP contribution is -2.66. The van der Waals surface area contributed by atoms with Crippen molar-refractivity contribution in [3.05, 3.63) is 95.7 Å². The number of nitrogens with zero attached hydrogens (tertiary/aromatic N) is 2. The van der Waals surface area contributed by atoms with Gasteiger partial charge in [-0.25, -0.2) is 9.78 Å². The highest BCUT2D eigenvalue weighted by Crippen LogP contribution is 2.35. The lowest BCUT2D eigenvalue weighted by Gasteiger charge is -2.43. The summed E-state index contributed by atoms with van der Waals surface area (Å²) in [6.45, 7) is 0. The van der Waals surface area contributed by atoms with Crippen molar-refractivity contribution in [1.82, 2.24) is 9.88 Å². The maximum Gasteiger partial charge on any atom is 0.327 e. The van der Waals surface area contributed by atoms with Crippen molar-refractivity contribution < 1.29 is 19.5 Å². The molecular formula is C25H23N3O4. The Hall–Kier alpha value is -4.00. The molecule has 2 atom stereocenters. The number of pyridine rings is 1. The summed E-state index contributed by atoms with van der Waals surface area (Å²) in [5, 5.41) is 9.76. The average Bonchev–Trinajstić information content (AvgIpc) is 2.80. The van der Waals surface area contributed by atoms with Crippen LogP contribution in [0.3, 0.4) is 0 Å². The van der Waals surface area contributed by atoms with Gasteiger partial charge in [0, 0.05) is 18.5 Å². The van der Waals surface area contributed by atoms with Gasteiger partial charge in [-0.05, 0) is 35.2 Å². The number of carboxylic acids is 1. The minimum Gasteiger partial charge on any atom is -0.480 e. The Kier molecular flexibility index (Phi) is 5.98. The zero-order valence-electron chi connectivity index (χ0n) is 17.3. The largest absolute Gasteiger partial charge is 0.480 e. The Morgan fingerprint density at radius 2 is 1.59 bits per heavy atom. The summed E-state index contributed by atoms with van der Waals surface area (Å²) in [5.74, 6) is -2.97. The molecule has 7 heteroatoms. The van der Waals surface area contributed by atoms with E-state index in [0.29, 0.717) is 11.4 Å². The van der Waals surface area contributed by atoms with E-state index in [1.54, 1.807) is 12.1 Å². The maximum absolute atomic E-state index is 13.2. The van der Waals surface area contributed by atoms with Crippen molar-refractivity contribution in [1.29, 1.82) is 0 Å². The predicted octanol–water partition coefficient (Wildman–Crippen LogP) is 2.87. The van der Waals surface area contributed by atoms with Crippen molar-refractivity contribution in [3.63, 3.8) is 0 Å². The van der Waals surface area contributed by atoms with Gasteiger partial charge in [0.1, 0.15) is 11.9 Å². The van der Waals surface area contributed by atoms with Crippen LogP contribution in [0.15, 0.2) is 79.0 Å². The molecule has 2 aromatic carbocycles. The Morgan fingerprint density at radius 3 is 2.12 bits per heavy atom. The Labute approximate surface area is 185 Å². The predicted molar refractivity (Wildman–Crippen MR) is 118 cm³/mol. The lowest BCUT2D eigenvalue weighted by atomic mass is 9.81. The van der Waals surface area contributed by atoms with Crippen LogP contribution in [0.2, 0.25) is 0 Å². The molecule has 3 aromatic rings. The molecule has 2 amide bonds. The van der Waals surface area contributed by atoms with Gasteiger partial charge < -0.3 is 10.8 Å². The minimum atomic E-state index is -1.20. The highest BCUT2D eigenvalue weighted by molar-refractivity contribution is 6.08. The second-order valence-electron chi connectivity index (χ2n) is 7.86. The van der Waals surface area contributed by atoms with E-state index in [1.807, 2.05) is 60.7 Å². The van der Waals surface area contributed by atoms with Crippen molar-refractivity contribution in [2.24, 2.45) is 5.92 Å². The fourth-order valence-electron chi connectivity index (χ4n) is 4.26. The SMILES string of the molecule is Nc1cc(C[C@H]2C(=O)N(C(=O)CC(c3ccccc3)c3ccccc3)[C@@H]2C(=O)O)ccn1. The first kappa shape index (κ1) is 21.2. The average molecular weight is 429 g/mol. The second-order valence-corrected chi connectivity index (χ2v) is 7.86. The fourth-order valence-corrected chi connectivity index (χ4v) is 4.26. The summed E-state index contributed by atoms with van der Waals surface area (Å²) < 4.78 is 0. The summed E-state index contributed by atoms with van der Waals surface area (Å²) in [6, 6.07) is 21.1. The number of benzene rings is 2. The standard InChI is InChI=1S/C25H23N3O4/c26-21-14-16(11-12-27-21)13-20-23(25(31)32)28(24(20)30)22(29)15-19(17-7-3-1-4-8-17)18-9-5-2-6-10-18/h1-12,14,19-20,23H,13,15H2,(H2,26,27)(H,31,32)/t20-,23+/m1/s1. The number of carbonyl (C=O) groups is 3. The van der Waals surface area contributed by atoms with Gasteiger partial charge in [-0.2, -0.15) is 0 Å². The third kappa shape index (κ3) is 4.23. The van der Waals surface area contributed by atoms with Gasteiger partial charge in [-0.15, -0.1) is 0 Å². The van der Waals surface area contributed by atoms with Gasteiger partial charge in [-0.1, -0.05) is 60.7 Å². The number of imide groups is 1. The quantitative estimate of drug-likeness (QED) is 0.559. The number of hydrogen-bond acceptors (Lipinski definition) is 5. The maximum atomic E-state index is 13.2. The van der Waals surface area contributed by atoms with Crippen LogP contribution in [0.4, 0.5) is 5.82 Å². The lowest BCUT2D eigenvalue weighted by molar-refractivity contribution is -0.177. The molecule has 3 N–H and O–H groups in total.